The minimum absolute atomic E-state index is 0.0519. The molecule has 7 heteroatoms. The van der Waals surface area contributed by atoms with E-state index in [1.807, 2.05) is 31.3 Å². The van der Waals surface area contributed by atoms with Crippen LogP contribution in [0.25, 0.3) is 0 Å². The summed E-state index contributed by atoms with van der Waals surface area (Å²) >= 11 is 0. The van der Waals surface area contributed by atoms with E-state index in [2.05, 4.69) is 10.3 Å². The molecule has 116 valence electrons. The van der Waals surface area contributed by atoms with Crippen molar-refractivity contribution in [3.05, 3.63) is 39.9 Å². The van der Waals surface area contributed by atoms with E-state index in [-0.39, 0.29) is 5.84 Å². The molecule has 1 aromatic carbocycles. The molecule has 0 saturated heterocycles. The molecule has 0 aliphatic rings. The Morgan fingerprint density at radius 3 is 3.00 bits per heavy atom. The van der Waals surface area contributed by atoms with E-state index in [1.165, 1.54) is 6.92 Å². The number of nitro groups is 1. The van der Waals surface area contributed by atoms with Crippen molar-refractivity contribution in [2.75, 3.05) is 20.2 Å². The molecule has 3 N–H and O–H groups in total. The van der Waals surface area contributed by atoms with E-state index in [4.69, 9.17) is 10.5 Å². The third-order valence-corrected chi connectivity index (χ3v) is 2.89. The number of ether oxygens (including phenoxy) is 1. The Morgan fingerprint density at radius 2 is 2.33 bits per heavy atom. The van der Waals surface area contributed by atoms with Crippen molar-refractivity contribution < 1.29 is 9.66 Å². The van der Waals surface area contributed by atoms with Crippen LogP contribution in [-0.2, 0) is 6.54 Å². The summed E-state index contributed by atoms with van der Waals surface area (Å²) < 4.78 is 5.61. The maximum absolute atomic E-state index is 10.5. The molecule has 0 saturated carbocycles. The third kappa shape index (κ3) is 6.22. The van der Waals surface area contributed by atoms with Gasteiger partial charge in [0.1, 0.15) is 5.75 Å². The van der Waals surface area contributed by atoms with Crippen LogP contribution in [0.2, 0.25) is 0 Å². The predicted octanol–water partition coefficient (Wildman–Crippen LogP) is 1.20. The second-order valence-corrected chi connectivity index (χ2v) is 4.65. The molecule has 21 heavy (non-hydrogen) atoms. The average molecular weight is 294 g/mol. The van der Waals surface area contributed by atoms with Gasteiger partial charge in [0.15, 0.2) is 5.84 Å². The lowest BCUT2D eigenvalue weighted by Gasteiger charge is -2.07. The Labute approximate surface area is 124 Å². The van der Waals surface area contributed by atoms with Crippen LogP contribution in [-0.4, -0.2) is 37.0 Å². The number of aliphatic imine (C=N–C) groups is 1. The monoisotopic (exact) mass is 294 g/mol. The SMILES string of the molecule is CNCc1cccc(OCCCN=C(N)C(C)[N+](=O)[O-])c1. The standard InChI is InChI=1S/C14H22N4O3/c1-11(18(19)20)14(15)17-7-4-8-21-13-6-3-5-12(9-13)10-16-2/h3,5-6,9,11,16H,4,7-8,10H2,1-2H3,(H2,15,17). The first kappa shape index (κ1) is 16.9. The van der Waals surface area contributed by atoms with Crippen LogP contribution in [0.4, 0.5) is 0 Å². The lowest BCUT2D eigenvalue weighted by atomic mass is 10.2. The molecular weight excluding hydrogens is 272 g/mol. The first-order chi connectivity index (χ1) is 10.0. The number of nitrogens with one attached hydrogen (secondary N) is 1. The van der Waals surface area contributed by atoms with Crippen LogP contribution >= 0.6 is 0 Å². The molecule has 1 atom stereocenters. The van der Waals surface area contributed by atoms with Gasteiger partial charge in [0.05, 0.1) is 6.61 Å². The van der Waals surface area contributed by atoms with E-state index >= 15 is 0 Å². The summed E-state index contributed by atoms with van der Waals surface area (Å²) in [7, 11) is 1.89. The van der Waals surface area contributed by atoms with Gasteiger partial charge >= 0.3 is 0 Å². The summed E-state index contributed by atoms with van der Waals surface area (Å²) in [5.74, 6) is 0.856. The molecule has 0 aromatic heterocycles. The molecular formula is C14H22N4O3. The number of rotatable bonds is 9. The van der Waals surface area contributed by atoms with Gasteiger partial charge in [0, 0.05) is 31.4 Å². The van der Waals surface area contributed by atoms with Crippen molar-refractivity contribution in [3.8, 4) is 5.75 Å². The fourth-order valence-electron chi connectivity index (χ4n) is 1.65. The lowest BCUT2D eigenvalue weighted by molar-refractivity contribution is -0.498. The zero-order valence-corrected chi connectivity index (χ0v) is 12.4. The Morgan fingerprint density at radius 1 is 1.57 bits per heavy atom. The maximum Gasteiger partial charge on any atom is 0.266 e. The van der Waals surface area contributed by atoms with Crippen LogP contribution in [0.5, 0.6) is 5.75 Å². The van der Waals surface area contributed by atoms with E-state index in [1.54, 1.807) is 0 Å². The van der Waals surface area contributed by atoms with Gasteiger partial charge in [-0.2, -0.15) is 0 Å². The summed E-state index contributed by atoms with van der Waals surface area (Å²) in [5, 5.41) is 13.6. The number of benzene rings is 1. The lowest BCUT2D eigenvalue weighted by Crippen LogP contribution is -2.33. The Balaban J connectivity index is 2.32. The number of hydrogen-bond acceptors (Lipinski definition) is 5. The van der Waals surface area contributed by atoms with Crippen molar-refractivity contribution in [1.82, 2.24) is 5.32 Å². The van der Waals surface area contributed by atoms with Gasteiger partial charge in [0.2, 0.25) is 0 Å². The highest BCUT2D eigenvalue weighted by Gasteiger charge is 2.16. The second-order valence-electron chi connectivity index (χ2n) is 4.65. The van der Waals surface area contributed by atoms with E-state index in [9.17, 15) is 10.1 Å². The van der Waals surface area contributed by atoms with Crippen LogP contribution in [0.15, 0.2) is 29.3 Å². The van der Waals surface area contributed by atoms with Gasteiger partial charge < -0.3 is 15.8 Å². The zero-order valence-electron chi connectivity index (χ0n) is 12.4. The fraction of sp³-hybridized carbons (Fsp3) is 0.500. The van der Waals surface area contributed by atoms with E-state index < -0.39 is 11.0 Å². The highest BCUT2D eigenvalue weighted by atomic mass is 16.6. The smallest absolute Gasteiger partial charge is 0.266 e. The van der Waals surface area contributed by atoms with Gasteiger partial charge in [-0.1, -0.05) is 12.1 Å². The normalized spacial score (nSPS) is 13.0. The van der Waals surface area contributed by atoms with Crippen LogP contribution in [0.3, 0.4) is 0 Å². The first-order valence-corrected chi connectivity index (χ1v) is 6.84. The van der Waals surface area contributed by atoms with Crippen LogP contribution in [0.1, 0.15) is 18.9 Å². The molecule has 0 amide bonds. The summed E-state index contributed by atoms with van der Waals surface area (Å²) in [4.78, 5) is 14.0. The number of hydrogen-bond donors (Lipinski definition) is 2. The van der Waals surface area contributed by atoms with Gasteiger partial charge in [0.25, 0.3) is 6.04 Å². The second kappa shape index (κ2) is 8.91. The number of nitrogens with two attached hydrogens (primary N) is 1. The summed E-state index contributed by atoms with van der Waals surface area (Å²) in [5.41, 5.74) is 6.68. The molecule has 7 nitrogen and oxygen atoms in total. The quantitative estimate of drug-likeness (QED) is 0.234. The number of amidine groups is 1. The molecule has 1 unspecified atom stereocenters. The molecule has 1 rings (SSSR count). The highest BCUT2D eigenvalue weighted by Crippen LogP contribution is 2.13. The number of nitrogens with zero attached hydrogens (tertiary/aromatic N) is 2. The van der Waals surface area contributed by atoms with E-state index in [0.29, 0.717) is 19.6 Å². The minimum atomic E-state index is -0.941. The van der Waals surface area contributed by atoms with Crippen molar-refractivity contribution in [2.45, 2.75) is 25.9 Å². The van der Waals surface area contributed by atoms with Gasteiger partial charge in [-0.05, 0) is 24.7 Å². The van der Waals surface area contributed by atoms with Gasteiger partial charge in [-0.25, -0.2) is 0 Å². The predicted molar refractivity (Wildman–Crippen MR) is 82.3 cm³/mol. The van der Waals surface area contributed by atoms with Gasteiger partial charge in [-0.3, -0.25) is 15.1 Å². The van der Waals surface area contributed by atoms with Crippen molar-refractivity contribution >= 4 is 5.84 Å². The van der Waals surface area contributed by atoms with E-state index in [0.717, 1.165) is 17.9 Å². The molecule has 0 aliphatic carbocycles. The maximum atomic E-state index is 10.5. The Kier molecular flexibility index (Phi) is 7.17. The van der Waals surface area contributed by atoms with Crippen molar-refractivity contribution in [2.24, 2.45) is 10.7 Å². The third-order valence-electron chi connectivity index (χ3n) is 2.89. The largest absolute Gasteiger partial charge is 0.494 e. The highest BCUT2D eigenvalue weighted by molar-refractivity contribution is 5.84. The topological polar surface area (TPSA) is 103 Å². The fourth-order valence-corrected chi connectivity index (χ4v) is 1.65. The molecule has 0 spiro atoms. The average Bonchev–Trinajstić information content (AvgIpc) is 2.46. The molecule has 0 heterocycles. The van der Waals surface area contributed by atoms with Crippen molar-refractivity contribution in [3.63, 3.8) is 0 Å². The minimum Gasteiger partial charge on any atom is -0.494 e. The molecule has 0 fully saturated rings. The summed E-state index contributed by atoms with van der Waals surface area (Å²) in [6, 6.07) is 6.89. The molecule has 0 bridgehead atoms. The molecule has 1 aromatic rings. The summed E-state index contributed by atoms with van der Waals surface area (Å²) in [6.07, 6.45) is 0.654. The van der Waals surface area contributed by atoms with Crippen molar-refractivity contribution in [1.29, 1.82) is 0 Å². The molecule has 0 radical (unpaired) electrons. The molecule has 0 aliphatic heterocycles. The van der Waals surface area contributed by atoms with Crippen LogP contribution < -0.4 is 15.8 Å². The zero-order chi connectivity index (χ0) is 15.7. The van der Waals surface area contributed by atoms with Crippen LogP contribution in [0, 0.1) is 10.1 Å². The Bertz CT molecular complexity index is 491. The summed E-state index contributed by atoms with van der Waals surface area (Å²) in [6.45, 7) is 3.12. The first-order valence-electron chi connectivity index (χ1n) is 6.84. The van der Waals surface area contributed by atoms with Gasteiger partial charge in [-0.15, -0.1) is 0 Å². The Hall–Kier alpha value is -2.15.